The predicted molar refractivity (Wildman–Crippen MR) is 127 cm³/mol. The quantitative estimate of drug-likeness (QED) is 0.369. The van der Waals surface area contributed by atoms with E-state index in [-0.39, 0.29) is 13.6 Å². The first kappa shape index (κ1) is 18.2. The molecule has 0 unspecified atom stereocenters. The average Bonchev–Trinajstić information content (AvgIpc) is 3.60. The second kappa shape index (κ2) is 6.77. The number of hydrogen-bond acceptors (Lipinski definition) is 5. The van der Waals surface area contributed by atoms with Crippen molar-refractivity contribution < 1.29 is 18.9 Å². The van der Waals surface area contributed by atoms with Crippen molar-refractivity contribution in [2.24, 2.45) is 0 Å². The highest BCUT2D eigenvalue weighted by Crippen LogP contribution is 2.46. The van der Waals surface area contributed by atoms with Crippen molar-refractivity contribution in [2.75, 3.05) is 13.6 Å². The minimum absolute atomic E-state index is 0.212. The van der Waals surface area contributed by atoms with E-state index in [4.69, 9.17) is 18.9 Å². The van der Waals surface area contributed by atoms with Crippen molar-refractivity contribution in [3.05, 3.63) is 73.1 Å². The number of hydrogen-bond donors (Lipinski definition) is 1. The molecule has 1 aromatic heterocycles. The largest absolute Gasteiger partial charge is 0.454 e. The molecule has 0 radical (unpaired) electrons. The van der Waals surface area contributed by atoms with Crippen LogP contribution in [0.15, 0.2) is 67.5 Å². The first-order valence-electron chi connectivity index (χ1n) is 10.6. The first-order valence-corrected chi connectivity index (χ1v) is 10.6. The van der Waals surface area contributed by atoms with E-state index in [2.05, 4.69) is 46.9 Å². The second-order valence-corrected chi connectivity index (χ2v) is 8.05. The van der Waals surface area contributed by atoms with E-state index in [0.717, 1.165) is 72.6 Å². The van der Waals surface area contributed by atoms with Gasteiger partial charge in [0.25, 0.3) is 0 Å². The Kier molecular flexibility index (Phi) is 3.73. The summed E-state index contributed by atoms with van der Waals surface area (Å²) in [7, 11) is 0. The van der Waals surface area contributed by atoms with Crippen LogP contribution < -0.4 is 18.9 Å². The predicted octanol–water partition coefficient (Wildman–Crippen LogP) is 6.15. The molecule has 6 nitrogen and oxygen atoms in total. The fourth-order valence-electron chi connectivity index (χ4n) is 4.69. The van der Waals surface area contributed by atoms with Gasteiger partial charge in [-0.1, -0.05) is 18.7 Å². The topological polar surface area (TPSA) is 65.6 Å². The number of aromatic amines is 1. The molecule has 160 valence electrons. The molecule has 0 amide bonds. The van der Waals surface area contributed by atoms with Gasteiger partial charge in [0.05, 0.1) is 17.4 Å². The Hall–Kier alpha value is -4.45. The van der Waals surface area contributed by atoms with Crippen LogP contribution in [0, 0.1) is 0 Å². The lowest BCUT2D eigenvalue weighted by Gasteiger charge is -2.16. The van der Waals surface area contributed by atoms with Gasteiger partial charge in [0.1, 0.15) is 0 Å². The molecule has 7 rings (SSSR count). The van der Waals surface area contributed by atoms with Crippen LogP contribution in [0.4, 0.5) is 0 Å². The number of nitrogens with zero attached hydrogens (tertiary/aromatic N) is 1. The molecule has 2 aliphatic rings. The fraction of sp³-hybridized carbons (Fsp3) is 0.0741. The Morgan fingerprint density at radius 1 is 0.758 bits per heavy atom. The van der Waals surface area contributed by atoms with Crippen LogP contribution in [-0.4, -0.2) is 23.6 Å². The maximum absolute atomic E-state index is 5.78. The number of ether oxygens (including phenoxy) is 4. The van der Waals surface area contributed by atoms with Gasteiger partial charge >= 0.3 is 0 Å². The summed E-state index contributed by atoms with van der Waals surface area (Å²) in [5.74, 6) is 2.98. The van der Waals surface area contributed by atoms with Gasteiger partial charge in [0.15, 0.2) is 23.0 Å². The zero-order valence-electron chi connectivity index (χ0n) is 17.6. The van der Waals surface area contributed by atoms with Crippen LogP contribution in [-0.2, 0) is 0 Å². The lowest BCUT2D eigenvalue weighted by atomic mass is 9.88. The molecule has 0 atom stereocenters. The molecule has 0 spiro atoms. The number of imidazole rings is 1. The average molecular weight is 434 g/mol. The summed E-state index contributed by atoms with van der Waals surface area (Å²) in [6, 6.07) is 18.7. The minimum Gasteiger partial charge on any atom is -0.454 e. The maximum Gasteiger partial charge on any atom is 0.231 e. The van der Waals surface area contributed by atoms with Gasteiger partial charge in [0.2, 0.25) is 13.6 Å². The highest BCUT2D eigenvalue weighted by Gasteiger charge is 2.23. The summed E-state index contributed by atoms with van der Waals surface area (Å²) in [4.78, 5) is 7.58. The summed E-state index contributed by atoms with van der Waals surface area (Å²) >= 11 is 0. The van der Waals surface area contributed by atoms with Crippen LogP contribution in [0.3, 0.4) is 0 Å². The highest BCUT2D eigenvalue weighted by molar-refractivity contribution is 6.00. The van der Waals surface area contributed by atoms with Crippen molar-refractivity contribution >= 4 is 27.9 Å². The summed E-state index contributed by atoms with van der Waals surface area (Å²) < 4.78 is 22.6. The second-order valence-electron chi connectivity index (χ2n) is 8.05. The minimum atomic E-state index is 0.212. The van der Waals surface area contributed by atoms with Crippen LogP contribution >= 0.6 is 0 Å². The summed E-state index contributed by atoms with van der Waals surface area (Å²) in [6.45, 7) is 4.51. The van der Waals surface area contributed by atoms with E-state index < -0.39 is 0 Å². The number of benzene rings is 4. The van der Waals surface area contributed by atoms with Gasteiger partial charge in [-0.3, -0.25) is 0 Å². The molecular weight excluding hydrogens is 416 g/mol. The Bertz CT molecular complexity index is 1600. The fourth-order valence-corrected chi connectivity index (χ4v) is 4.69. The van der Waals surface area contributed by atoms with Crippen LogP contribution in [0.2, 0.25) is 0 Å². The summed E-state index contributed by atoms with van der Waals surface area (Å²) in [5, 5.41) is 2.14. The summed E-state index contributed by atoms with van der Waals surface area (Å²) in [5.41, 5.74) is 7.07. The van der Waals surface area contributed by atoms with Crippen molar-refractivity contribution in [1.29, 1.82) is 0 Å². The Morgan fingerprint density at radius 3 is 2.33 bits per heavy atom. The van der Waals surface area contributed by atoms with E-state index in [9.17, 15) is 0 Å². The molecule has 33 heavy (non-hydrogen) atoms. The number of aromatic nitrogens is 2. The zero-order valence-corrected chi connectivity index (χ0v) is 17.6. The van der Waals surface area contributed by atoms with Crippen LogP contribution in [0.5, 0.6) is 23.0 Å². The SMILES string of the molecule is C=Cc1c(-c2cc3cc4c(cc3cc2-c2ccc3nc[nH]c3c2)OCO4)ccc2c1OCO2. The van der Waals surface area contributed by atoms with Gasteiger partial charge in [-0.05, 0) is 81.6 Å². The molecular formula is C27H18N2O4. The van der Waals surface area contributed by atoms with Crippen molar-refractivity contribution in [3.8, 4) is 45.3 Å². The molecule has 0 saturated carbocycles. The lowest BCUT2D eigenvalue weighted by Crippen LogP contribution is -1.94. The van der Waals surface area contributed by atoms with E-state index >= 15 is 0 Å². The Morgan fingerprint density at radius 2 is 1.52 bits per heavy atom. The van der Waals surface area contributed by atoms with Crippen molar-refractivity contribution in [2.45, 2.75) is 0 Å². The van der Waals surface area contributed by atoms with Gasteiger partial charge in [0, 0.05) is 5.56 Å². The molecule has 0 saturated heterocycles. The standard InChI is InChI=1S/C27H18N2O4/c1-2-18-19(4-6-24-27(18)33-14-30-24)21-8-17-11-26-25(31-13-32-26)10-16(17)7-20(21)15-3-5-22-23(9-15)29-12-28-22/h2-12H,1,13-14H2,(H,28,29). The van der Waals surface area contributed by atoms with Crippen molar-refractivity contribution in [1.82, 2.24) is 9.97 Å². The Balaban J connectivity index is 1.54. The van der Waals surface area contributed by atoms with E-state index in [1.165, 1.54) is 0 Å². The maximum atomic E-state index is 5.78. The molecule has 4 aromatic carbocycles. The normalized spacial score (nSPS) is 13.7. The monoisotopic (exact) mass is 434 g/mol. The van der Waals surface area contributed by atoms with E-state index in [1.54, 1.807) is 6.33 Å². The molecule has 5 aromatic rings. The van der Waals surface area contributed by atoms with Gasteiger partial charge in [-0.25, -0.2) is 4.98 Å². The number of nitrogens with one attached hydrogen (secondary N) is 1. The molecule has 0 fully saturated rings. The first-order chi connectivity index (χ1) is 16.3. The number of fused-ring (bicyclic) bond motifs is 4. The molecule has 0 bridgehead atoms. The Labute approximate surface area is 189 Å². The van der Waals surface area contributed by atoms with E-state index in [1.807, 2.05) is 30.3 Å². The smallest absolute Gasteiger partial charge is 0.231 e. The molecule has 6 heteroatoms. The number of H-pyrrole nitrogens is 1. The molecule has 1 N–H and O–H groups in total. The lowest BCUT2D eigenvalue weighted by molar-refractivity contribution is 0.173. The summed E-state index contributed by atoms with van der Waals surface area (Å²) in [6.07, 6.45) is 3.54. The zero-order chi connectivity index (χ0) is 21.9. The molecule has 0 aliphatic carbocycles. The van der Waals surface area contributed by atoms with Crippen molar-refractivity contribution in [3.63, 3.8) is 0 Å². The van der Waals surface area contributed by atoms with Gasteiger partial charge in [-0.2, -0.15) is 0 Å². The third-order valence-corrected chi connectivity index (χ3v) is 6.27. The van der Waals surface area contributed by atoms with Gasteiger partial charge < -0.3 is 23.9 Å². The van der Waals surface area contributed by atoms with E-state index in [0.29, 0.717) is 0 Å². The molecule has 3 heterocycles. The highest BCUT2D eigenvalue weighted by atomic mass is 16.7. The van der Waals surface area contributed by atoms with Crippen LogP contribution in [0.25, 0.3) is 50.1 Å². The number of rotatable bonds is 3. The van der Waals surface area contributed by atoms with Crippen LogP contribution in [0.1, 0.15) is 5.56 Å². The molecule has 2 aliphatic heterocycles. The third-order valence-electron chi connectivity index (χ3n) is 6.27. The third kappa shape index (κ3) is 2.70. The van der Waals surface area contributed by atoms with Gasteiger partial charge in [-0.15, -0.1) is 0 Å².